The van der Waals surface area contributed by atoms with E-state index in [1.165, 1.54) is 5.56 Å². The van der Waals surface area contributed by atoms with Crippen molar-refractivity contribution in [2.75, 3.05) is 19.8 Å². The van der Waals surface area contributed by atoms with Gasteiger partial charge in [0.15, 0.2) is 11.5 Å². The van der Waals surface area contributed by atoms with Crippen molar-refractivity contribution in [3.8, 4) is 11.5 Å². The Hall–Kier alpha value is -1.48. The highest BCUT2D eigenvalue weighted by Crippen LogP contribution is 2.32. The standard InChI is InChI=1S/C16H23NO2/c1-3-4-5-9-17-13(2)14-7-8-15-16(12-14)19-11-6-10-18-15/h3-4,7-8,12-13,17H,5-6,9-11H2,1-2H3/b4-3+. The summed E-state index contributed by atoms with van der Waals surface area (Å²) in [6.45, 7) is 6.69. The average Bonchev–Trinajstić information content (AvgIpc) is 2.67. The number of nitrogens with one attached hydrogen (secondary N) is 1. The molecule has 1 aromatic rings. The van der Waals surface area contributed by atoms with Crippen LogP contribution in [-0.4, -0.2) is 19.8 Å². The van der Waals surface area contributed by atoms with E-state index < -0.39 is 0 Å². The van der Waals surface area contributed by atoms with Crippen LogP contribution < -0.4 is 14.8 Å². The fourth-order valence-corrected chi connectivity index (χ4v) is 2.12. The molecular formula is C16H23NO2. The zero-order valence-corrected chi connectivity index (χ0v) is 11.8. The Morgan fingerprint density at radius 3 is 2.84 bits per heavy atom. The van der Waals surface area contributed by atoms with Crippen molar-refractivity contribution >= 4 is 0 Å². The largest absolute Gasteiger partial charge is 0.490 e. The van der Waals surface area contributed by atoms with E-state index in [4.69, 9.17) is 9.47 Å². The second-order valence-electron chi connectivity index (χ2n) is 4.79. The highest BCUT2D eigenvalue weighted by atomic mass is 16.5. The molecule has 1 N–H and O–H groups in total. The van der Waals surface area contributed by atoms with Gasteiger partial charge in [-0.25, -0.2) is 0 Å². The molecule has 0 saturated carbocycles. The number of allylic oxidation sites excluding steroid dienone is 1. The summed E-state index contributed by atoms with van der Waals surface area (Å²) in [7, 11) is 0. The normalized spacial score (nSPS) is 16.3. The van der Waals surface area contributed by atoms with E-state index in [1.54, 1.807) is 0 Å². The molecule has 19 heavy (non-hydrogen) atoms. The van der Waals surface area contributed by atoms with Gasteiger partial charge in [0.2, 0.25) is 0 Å². The summed E-state index contributed by atoms with van der Waals surface area (Å²) in [5.74, 6) is 1.74. The third-order valence-corrected chi connectivity index (χ3v) is 3.27. The fraction of sp³-hybridized carbons (Fsp3) is 0.500. The van der Waals surface area contributed by atoms with Gasteiger partial charge in [0.25, 0.3) is 0 Å². The minimum Gasteiger partial charge on any atom is -0.490 e. The van der Waals surface area contributed by atoms with Crippen molar-refractivity contribution in [3.05, 3.63) is 35.9 Å². The van der Waals surface area contributed by atoms with Crippen LogP contribution in [0, 0.1) is 0 Å². The second kappa shape index (κ2) is 7.19. The van der Waals surface area contributed by atoms with E-state index in [0.717, 1.165) is 44.1 Å². The zero-order chi connectivity index (χ0) is 13.5. The second-order valence-corrected chi connectivity index (χ2v) is 4.79. The summed E-state index contributed by atoms with van der Waals surface area (Å²) in [5, 5.41) is 3.51. The van der Waals surface area contributed by atoms with Gasteiger partial charge < -0.3 is 14.8 Å². The lowest BCUT2D eigenvalue weighted by Gasteiger charge is -2.16. The van der Waals surface area contributed by atoms with E-state index >= 15 is 0 Å². The lowest BCUT2D eigenvalue weighted by atomic mass is 10.1. The molecule has 0 spiro atoms. The van der Waals surface area contributed by atoms with Crippen molar-refractivity contribution < 1.29 is 9.47 Å². The Morgan fingerprint density at radius 1 is 1.26 bits per heavy atom. The lowest BCUT2D eigenvalue weighted by Crippen LogP contribution is -2.19. The number of benzene rings is 1. The number of ether oxygens (including phenoxy) is 2. The van der Waals surface area contributed by atoms with Gasteiger partial charge in [-0.2, -0.15) is 0 Å². The van der Waals surface area contributed by atoms with Gasteiger partial charge in [0, 0.05) is 12.5 Å². The Labute approximate surface area is 115 Å². The molecule has 0 radical (unpaired) electrons. The first-order valence-corrected chi connectivity index (χ1v) is 7.05. The molecule has 104 valence electrons. The van der Waals surface area contributed by atoms with Gasteiger partial charge in [-0.3, -0.25) is 0 Å². The van der Waals surface area contributed by atoms with Gasteiger partial charge in [-0.1, -0.05) is 18.2 Å². The molecule has 1 aromatic carbocycles. The Kier molecular flexibility index (Phi) is 5.28. The SMILES string of the molecule is C/C=C/CCNC(C)c1ccc2c(c1)OCCCO2. The van der Waals surface area contributed by atoms with E-state index in [9.17, 15) is 0 Å². The third-order valence-electron chi connectivity index (χ3n) is 3.27. The van der Waals surface area contributed by atoms with Crippen LogP contribution in [0.3, 0.4) is 0 Å². The van der Waals surface area contributed by atoms with Crippen LogP contribution in [0.4, 0.5) is 0 Å². The van der Waals surface area contributed by atoms with Crippen LogP contribution in [-0.2, 0) is 0 Å². The van der Waals surface area contributed by atoms with Gasteiger partial charge in [0.1, 0.15) is 0 Å². The summed E-state index contributed by atoms with van der Waals surface area (Å²) >= 11 is 0. The van der Waals surface area contributed by atoms with Crippen molar-refractivity contribution in [1.82, 2.24) is 5.32 Å². The Balaban J connectivity index is 1.98. The maximum atomic E-state index is 5.72. The van der Waals surface area contributed by atoms with Crippen molar-refractivity contribution in [2.24, 2.45) is 0 Å². The smallest absolute Gasteiger partial charge is 0.161 e. The topological polar surface area (TPSA) is 30.5 Å². The quantitative estimate of drug-likeness (QED) is 0.650. The van der Waals surface area contributed by atoms with Crippen LogP contribution in [0.1, 0.15) is 38.3 Å². The van der Waals surface area contributed by atoms with Crippen molar-refractivity contribution in [1.29, 1.82) is 0 Å². The summed E-state index contributed by atoms with van der Waals surface area (Å²) < 4.78 is 11.4. The minimum absolute atomic E-state index is 0.322. The molecule has 1 atom stereocenters. The first-order valence-electron chi connectivity index (χ1n) is 7.05. The highest BCUT2D eigenvalue weighted by Gasteiger charge is 2.13. The van der Waals surface area contributed by atoms with Crippen molar-refractivity contribution in [2.45, 2.75) is 32.7 Å². The molecule has 0 amide bonds. The van der Waals surface area contributed by atoms with E-state index in [1.807, 2.05) is 13.0 Å². The zero-order valence-electron chi connectivity index (χ0n) is 11.8. The molecule has 0 aliphatic carbocycles. The molecular weight excluding hydrogens is 238 g/mol. The number of hydrogen-bond acceptors (Lipinski definition) is 3. The molecule has 0 saturated heterocycles. The minimum atomic E-state index is 0.322. The number of hydrogen-bond donors (Lipinski definition) is 1. The van der Waals surface area contributed by atoms with Crippen LogP contribution in [0.5, 0.6) is 11.5 Å². The van der Waals surface area contributed by atoms with E-state index in [2.05, 4.69) is 36.5 Å². The van der Waals surface area contributed by atoms with Gasteiger partial charge in [0.05, 0.1) is 13.2 Å². The summed E-state index contributed by atoms with van der Waals surface area (Å²) in [6, 6.07) is 6.54. The van der Waals surface area contributed by atoms with Crippen LogP contribution in [0.2, 0.25) is 0 Å². The molecule has 3 heteroatoms. The maximum absolute atomic E-state index is 5.72. The molecule has 1 heterocycles. The molecule has 0 bridgehead atoms. The van der Waals surface area contributed by atoms with Crippen LogP contribution >= 0.6 is 0 Å². The van der Waals surface area contributed by atoms with E-state index in [-0.39, 0.29) is 0 Å². The summed E-state index contributed by atoms with van der Waals surface area (Å²) in [6.07, 6.45) is 6.26. The first kappa shape index (κ1) is 13.9. The molecule has 2 rings (SSSR count). The molecule has 1 aliphatic heterocycles. The summed E-state index contributed by atoms with van der Waals surface area (Å²) in [4.78, 5) is 0. The Morgan fingerprint density at radius 2 is 2.05 bits per heavy atom. The maximum Gasteiger partial charge on any atom is 0.161 e. The van der Waals surface area contributed by atoms with Crippen LogP contribution in [0.15, 0.2) is 30.4 Å². The predicted octanol–water partition coefficient (Wildman–Crippen LogP) is 3.46. The first-order chi connectivity index (χ1) is 9.31. The molecule has 0 aromatic heterocycles. The highest BCUT2D eigenvalue weighted by molar-refractivity contribution is 5.44. The molecule has 3 nitrogen and oxygen atoms in total. The van der Waals surface area contributed by atoms with Crippen molar-refractivity contribution in [3.63, 3.8) is 0 Å². The van der Waals surface area contributed by atoms with Gasteiger partial charge >= 0.3 is 0 Å². The Bertz CT molecular complexity index is 429. The lowest BCUT2D eigenvalue weighted by molar-refractivity contribution is 0.297. The monoisotopic (exact) mass is 261 g/mol. The molecule has 1 unspecified atom stereocenters. The van der Waals surface area contributed by atoms with Gasteiger partial charge in [-0.15, -0.1) is 0 Å². The number of rotatable bonds is 5. The predicted molar refractivity (Wildman–Crippen MR) is 77.9 cm³/mol. The van der Waals surface area contributed by atoms with E-state index in [0.29, 0.717) is 6.04 Å². The van der Waals surface area contributed by atoms with Crippen LogP contribution in [0.25, 0.3) is 0 Å². The molecule has 1 aliphatic rings. The molecule has 0 fully saturated rings. The number of fused-ring (bicyclic) bond motifs is 1. The average molecular weight is 261 g/mol. The van der Waals surface area contributed by atoms with Gasteiger partial charge in [-0.05, 0) is 44.5 Å². The third kappa shape index (κ3) is 4.00. The fourth-order valence-electron chi connectivity index (χ4n) is 2.12. The summed E-state index contributed by atoms with van der Waals surface area (Å²) in [5.41, 5.74) is 1.24.